The maximum absolute atomic E-state index is 12.1. The molecule has 0 saturated carbocycles. The van der Waals surface area contributed by atoms with Crippen molar-refractivity contribution >= 4 is 23.6 Å². The number of nitrogens with one attached hydrogen (secondary N) is 3. The number of carbonyl (C=O) groups is 2. The fourth-order valence-electron chi connectivity index (χ4n) is 3.15. The van der Waals surface area contributed by atoms with Crippen molar-refractivity contribution in [2.45, 2.75) is 32.6 Å². The molecule has 27 heavy (non-hydrogen) atoms. The van der Waals surface area contributed by atoms with Crippen molar-refractivity contribution in [3.63, 3.8) is 0 Å². The Kier molecular flexibility index (Phi) is 8.03. The van der Waals surface area contributed by atoms with E-state index in [9.17, 15) is 9.59 Å². The van der Waals surface area contributed by atoms with Gasteiger partial charge in [0, 0.05) is 52.3 Å². The summed E-state index contributed by atoms with van der Waals surface area (Å²) >= 11 is 0. The van der Waals surface area contributed by atoms with Gasteiger partial charge in [0.2, 0.25) is 11.8 Å². The van der Waals surface area contributed by atoms with E-state index in [2.05, 4.69) is 30.8 Å². The number of aryl methyl sites for hydroxylation is 1. The van der Waals surface area contributed by atoms with Crippen molar-refractivity contribution in [3.8, 4) is 0 Å². The monoisotopic (exact) mass is 374 g/mol. The van der Waals surface area contributed by atoms with E-state index in [-0.39, 0.29) is 11.8 Å². The first-order valence-electron chi connectivity index (χ1n) is 9.41. The van der Waals surface area contributed by atoms with Gasteiger partial charge < -0.3 is 20.9 Å². The molecule has 2 heterocycles. The van der Waals surface area contributed by atoms with Gasteiger partial charge in [0.05, 0.1) is 0 Å². The third-order valence-corrected chi connectivity index (χ3v) is 4.67. The summed E-state index contributed by atoms with van der Waals surface area (Å²) in [6.45, 7) is 4.11. The number of carbonyl (C=O) groups excluding carboxylic acids is 2. The molecule has 0 radical (unpaired) electrons. The highest BCUT2D eigenvalue weighted by molar-refractivity contribution is 5.90. The number of hydrogen-bond acceptors (Lipinski definition) is 4. The molecule has 2 amide bonds. The predicted molar refractivity (Wildman–Crippen MR) is 107 cm³/mol. The van der Waals surface area contributed by atoms with Crippen LogP contribution >= 0.6 is 0 Å². The summed E-state index contributed by atoms with van der Waals surface area (Å²) in [6, 6.07) is 5.53. The van der Waals surface area contributed by atoms with E-state index >= 15 is 0 Å². The van der Waals surface area contributed by atoms with Crippen molar-refractivity contribution in [3.05, 3.63) is 23.9 Å². The number of amides is 2. The second kappa shape index (κ2) is 10.5. The van der Waals surface area contributed by atoms with Crippen molar-refractivity contribution in [2.75, 3.05) is 39.0 Å². The minimum absolute atomic E-state index is 0.0830. The van der Waals surface area contributed by atoms with Crippen LogP contribution in [0.2, 0.25) is 0 Å². The van der Waals surface area contributed by atoms with Gasteiger partial charge in [0.15, 0.2) is 5.96 Å². The maximum Gasteiger partial charge on any atom is 0.227 e. The van der Waals surface area contributed by atoms with Crippen LogP contribution in [0.5, 0.6) is 0 Å². The number of aliphatic imine (C=N–C) groups is 1. The lowest BCUT2D eigenvalue weighted by Gasteiger charge is -2.34. The highest BCUT2D eigenvalue weighted by atomic mass is 16.2. The van der Waals surface area contributed by atoms with E-state index in [1.807, 2.05) is 19.1 Å². The number of anilines is 1. The molecule has 148 valence electrons. The average molecular weight is 374 g/mol. The number of hydrogen-bond donors (Lipinski definition) is 3. The van der Waals surface area contributed by atoms with Gasteiger partial charge in [-0.2, -0.15) is 0 Å². The molecule has 0 spiro atoms. The SMILES string of the molecule is CN=C(NCCC(=O)Nc1cccc(C)n1)N1CCC(CC(=O)NC)CC1. The zero-order valence-electron chi connectivity index (χ0n) is 16.4. The number of nitrogens with zero attached hydrogens (tertiary/aromatic N) is 3. The van der Waals surface area contributed by atoms with E-state index in [4.69, 9.17) is 0 Å². The molecule has 8 heteroatoms. The fourth-order valence-corrected chi connectivity index (χ4v) is 3.15. The Hall–Kier alpha value is -2.64. The largest absolute Gasteiger partial charge is 0.359 e. The Bertz CT molecular complexity index is 668. The van der Waals surface area contributed by atoms with Gasteiger partial charge in [0.25, 0.3) is 0 Å². The Labute approximate surface area is 160 Å². The molecule has 0 aromatic carbocycles. The van der Waals surface area contributed by atoms with Crippen molar-refractivity contribution in [2.24, 2.45) is 10.9 Å². The normalized spacial score (nSPS) is 15.4. The van der Waals surface area contributed by atoms with E-state index in [0.29, 0.717) is 31.1 Å². The molecule has 1 saturated heterocycles. The molecule has 1 fully saturated rings. The van der Waals surface area contributed by atoms with Crippen molar-refractivity contribution in [1.82, 2.24) is 20.5 Å². The Morgan fingerprint density at radius 3 is 2.63 bits per heavy atom. The highest BCUT2D eigenvalue weighted by Crippen LogP contribution is 2.20. The van der Waals surface area contributed by atoms with E-state index in [0.717, 1.165) is 37.6 Å². The molecule has 0 aliphatic carbocycles. The zero-order valence-corrected chi connectivity index (χ0v) is 16.4. The number of aromatic nitrogens is 1. The minimum Gasteiger partial charge on any atom is -0.359 e. The smallest absolute Gasteiger partial charge is 0.227 e. The number of likely N-dealkylation sites (tertiary alicyclic amines) is 1. The van der Waals surface area contributed by atoms with Crippen molar-refractivity contribution in [1.29, 1.82) is 0 Å². The maximum atomic E-state index is 12.1. The summed E-state index contributed by atoms with van der Waals surface area (Å²) in [5.74, 6) is 1.81. The van der Waals surface area contributed by atoms with Crippen LogP contribution in [-0.2, 0) is 9.59 Å². The van der Waals surface area contributed by atoms with Crippen LogP contribution in [0.4, 0.5) is 5.82 Å². The van der Waals surface area contributed by atoms with Crippen LogP contribution in [-0.4, -0.2) is 61.4 Å². The van der Waals surface area contributed by atoms with Gasteiger partial charge in [-0.3, -0.25) is 14.6 Å². The summed E-state index contributed by atoms with van der Waals surface area (Å²) in [7, 11) is 3.42. The molecule has 1 aliphatic rings. The molecule has 3 N–H and O–H groups in total. The predicted octanol–water partition coefficient (Wildman–Crippen LogP) is 1.14. The second-order valence-corrected chi connectivity index (χ2v) is 6.74. The third-order valence-electron chi connectivity index (χ3n) is 4.67. The minimum atomic E-state index is -0.0830. The molecular formula is C19H30N6O2. The van der Waals surface area contributed by atoms with Crippen LogP contribution in [0.1, 0.15) is 31.4 Å². The first kappa shape index (κ1) is 20.7. The first-order valence-corrected chi connectivity index (χ1v) is 9.41. The molecule has 8 nitrogen and oxygen atoms in total. The van der Waals surface area contributed by atoms with Crippen LogP contribution in [0.25, 0.3) is 0 Å². The molecule has 1 aromatic heterocycles. The fraction of sp³-hybridized carbons (Fsp3) is 0.579. The third kappa shape index (κ3) is 6.88. The van der Waals surface area contributed by atoms with Crippen LogP contribution in [0.3, 0.4) is 0 Å². The van der Waals surface area contributed by atoms with Gasteiger partial charge in [-0.15, -0.1) is 0 Å². The number of guanidine groups is 1. The van der Waals surface area contributed by atoms with Gasteiger partial charge in [-0.1, -0.05) is 6.07 Å². The lowest BCUT2D eigenvalue weighted by Crippen LogP contribution is -2.46. The highest BCUT2D eigenvalue weighted by Gasteiger charge is 2.23. The average Bonchev–Trinajstić information content (AvgIpc) is 2.66. The molecule has 2 rings (SSSR count). The molecular weight excluding hydrogens is 344 g/mol. The van der Waals surface area contributed by atoms with Crippen molar-refractivity contribution < 1.29 is 9.59 Å². The zero-order chi connectivity index (χ0) is 19.6. The standard InChI is InChI=1S/C19H30N6O2/c1-14-5-4-6-16(23-14)24-17(26)7-10-22-19(21-3)25-11-8-15(9-12-25)13-18(27)20-2/h4-6,15H,7-13H2,1-3H3,(H,20,27)(H,21,22)(H,23,24,26). The van der Waals surface area contributed by atoms with Crippen LogP contribution in [0.15, 0.2) is 23.2 Å². The Morgan fingerprint density at radius 1 is 1.26 bits per heavy atom. The molecule has 0 unspecified atom stereocenters. The molecule has 0 bridgehead atoms. The summed E-state index contributed by atoms with van der Waals surface area (Å²) in [5.41, 5.74) is 0.867. The first-order chi connectivity index (χ1) is 13.0. The van der Waals surface area contributed by atoms with Gasteiger partial charge in [0.1, 0.15) is 5.82 Å². The van der Waals surface area contributed by atoms with Crippen LogP contribution in [0, 0.1) is 12.8 Å². The number of rotatable bonds is 6. The number of piperidine rings is 1. The quantitative estimate of drug-likeness (QED) is 0.512. The van der Waals surface area contributed by atoms with E-state index in [1.54, 1.807) is 20.2 Å². The van der Waals surface area contributed by atoms with Gasteiger partial charge >= 0.3 is 0 Å². The van der Waals surface area contributed by atoms with Gasteiger partial charge in [-0.05, 0) is 37.8 Å². The van der Waals surface area contributed by atoms with E-state index in [1.165, 1.54) is 0 Å². The summed E-state index contributed by atoms with van der Waals surface area (Å²) in [4.78, 5) is 34.3. The summed E-state index contributed by atoms with van der Waals surface area (Å²) in [6.07, 6.45) is 2.85. The summed E-state index contributed by atoms with van der Waals surface area (Å²) < 4.78 is 0. The Balaban J connectivity index is 1.71. The molecule has 0 atom stereocenters. The van der Waals surface area contributed by atoms with E-state index < -0.39 is 0 Å². The van der Waals surface area contributed by atoms with Crippen LogP contribution < -0.4 is 16.0 Å². The lowest BCUT2D eigenvalue weighted by molar-refractivity contribution is -0.121. The summed E-state index contributed by atoms with van der Waals surface area (Å²) in [5, 5.41) is 8.74. The second-order valence-electron chi connectivity index (χ2n) is 6.74. The molecule has 1 aliphatic heterocycles. The number of pyridine rings is 1. The van der Waals surface area contributed by atoms with Gasteiger partial charge in [-0.25, -0.2) is 4.98 Å². The Morgan fingerprint density at radius 2 is 2.00 bits per heavy atom. The topological polar surface area (TPSA) is 98.7 Å². The lowest BCUT2D eigenvalue weighted by atomic mass is 9.93. The molecule has 1 aromatic rings.